The Bertz CT molecular complexity index is 1330. The van der Waals surface area contributed by atoms with Gasteiger partial charge in [-0.1, -0.05) is 35.9 Å². The zero-order chi connectivity index (χ0) is 29.7. The molecule has 2 atom stereocenters. The highest BCUT2D eigenvalue weighted by Crippen LogP contribution is 2.45. The van der Waals surface area contributed by atoms with Crippen molar-refractivity contribution >= 4 is 29.0 Å². The van der Waals surface area contributed by atoms with E-state index in [4.69, 9.17) is 25.8 Å². The summed E-state index contributed by atoms with van der Waals surface area (Å²) in [5.74, 6) is -1.21. The molecule has 7 nitrogen and oxygen atoms in total. The Morgan fingerprint density at radius 2 is 1.49 bits per heavy atom. The molecule has 4 rings (SSSR count). The molecule has 3 aromatic rings. The average Bonchev–Trinajstić information content (AvgIpc) is 2.96. The summed E-state index contributed by atoms with van der Waals surface area (Å²) < 4.78 is 63.5. The molecule has 1 aliphatic rings. The molecule has 0 aliphatic carbocycles. The fraction of sp³-hybridized carbons (Fsp3) is 0.333. The lowest BCUT2D eigenvalue weighted by Gasteiger charge is -2.31. The highest BCUT2D eigenvalue weighted by molar-refractivity contribution is 6.31. The van der Waals surface area contributed by atoms with Gasteiger partial charge in [0.15, 0.2) is 5.78 Å². The van der Waals surface area contributed by atoms with Crippen molar-refractivity contribution in [1.29, 1.82) is 0 Å². The van der Waals surface area contributed by atoms with Crippen LogP contribution in [0.25, 0.3) is 0 Å². The number of benzene rings is 3. The van der Waals surface area contributed by atoms with Crippen LogP contribution in [0.5, 0.6) is 11.5 Å². The minimum Gasteiger partial charge on any atom is -0.497 e. The first-order valence-corrected chi connectivity index (χ1v) is 13.1. The van der Waals surface area contributed by atoms with Gasteiger partial charge in [0, 0.05) is 25.2 Å². The van der Waals surface area contributed by atoms with E-state index < -0.39 is 53.6 Å². The lowest BCUT2D eigenvalue weighted by molar-refractivity contribution is -0.160. The molecule has 0 N–H and O–H groups in total. The third-order valence-corrected chi connectivity index (χ3v) is 7.19. The number of methoxy groups -OCH3 is 3. The summed E-state index contributed by atoms with van der Waals surface area (Å²) in [6.07, 6.45) is -6.49. The topological polar surface area (TPSA) is 74.3 Å². The molecule has 1 heterocycles. The Balaban J connectivity index is 1.76. The van der Waals surface area contributed by atoms with Crippen molar-refractivity contribution in [3.05, 3.63) is 87.9 Å². The lowest BCUT2D eigenvalue weighted by atomic mass is 9.90. The number of rotatable bonds is 9. The second kappa shape index (κ2) is 12.8. The van der Waals surface area contributed by atoms with Gasteiger partial charge in [-0.05, 0) is 53.1 Å². The smallest absolute Gasteiger partial charge is 0.418 e. The predicted molar refractivity (Wildman–Crippen MR) is 146 cm³/mol. The Hall–Kier alpha value is -3.76. The van der Waals surface area contributed by atoms with E-state index in [-0.39, 0.29) is 5.56 Å². The Kier molecular flexibility index (Phi) is 9.45. The van der Waals surface area contributed by atoms with Crippen LogP contribution in [0.2, 0.25) is 5.02 Å². The van der Waals surface area contributed by atoms with Gasteiger partial charge in [0.25, 0.3) is 0 Å². The van der Waals surface area contributed by atoms with Gasteiger partial charge in [0.1, 0.15) is 17.4 Å². The molecule has 218 valence electrons. The van der Waals surface area contributed by atoms with E-state index in [1.165, 1.54) is 12.1 Å². The van der Waals surface area contributed by atoms with Crippen molar-refractivity contribution < 1.29 is 41.7 Å². The number of carbonyl (C=O) groups is 2. The van der Waals surface area contributed by atoms with Crippen LogP contribution in [-0.2, 0) is 38.3 Å². The van der Waals surface area contributed by atoms with E-state index in [0.29, 0.717) is 30.3 Å². The molecule has 1 fully saturated rings. The second-order valence-corrected chi connectivity index (χ2v) is 9.92. The quantitative estimate of drug-likeness (QED) is 0.210. The molecular formula is C30H29ClF3NO6. The van der Waals surface area contributed by atoms with Crippen LogP contribution in [0.3, 0.4) is 0 Å². The van der Waals surface area contributed by atoms with Crippen molar-refractivity contribution in [2.75, 3.05) is 32.8 Å². The number of alkyl halides is 3. The summed E-state index contributed by atoms with van der Waals surface area (Å²) in [4.78, 5) is 26.5. The van der Waals surface area contributed by atoms with E-state index in [1.807, 2.05) is 29.2 Å². The van der Waals surface area contributed by atoms with Crippen molar-refractivity contribution in [2.45, 2.75) is 31.8 Å². The number of Topliss-reactive ketones (excluding diaryl/α,β-unsaturated/α-hetero) is 1. The average molecular weight is 592 g/mol. The highest BCUT2D eigenvalue weighted by atomic mass is 35.5. The maximum atomic E-state index is 14.3. The SMILES string of the molecule is COC(=O)C1COC(c2cc(N(Cc3ccc(OC)cc3)Cc3ccc(OC)cc3)cc(Cl)c2C(F)(F)F)CC1=O. The molecule has 1 aliphatic heterocycles. The number of hydrogen-bond acceptors (Lipinski definition) is 7. The van der Waals surface area contributed by atoms with Gasteiger partial charge in [0.2, 0.25) is 0 Å². The van der Waals surface area contributed by atoms with Crippen molar-refractivity contribution in [3.63, 3.8) is 0 Å². The maximum absolute atomic E-state index is 14.3. The van der Waals surface area contributed by atoms with Gasteiger partial charge in [-0.2, -0.15) is 13.2 Å². The maximum Gasteiger partial charge on any atom is 0.418 e. The summed E-state index contributed by atoms with van der Waals surface area (Å²) in [5.41, 5.74) is 0.803. The van der Waals surface area contributed by atoms with E-state index in [1.54, 1.807) is 38.5 Å². The van der Waals surface area contributed by atoms with Crippen LogP contribution in [-0.4, -0.2) is 39.7 Å². The molecule has 0 radical (unpaired) electrons. The molecule has 1 saturated heterocycles. The van der Waals surface area contributed by atoms with Crippen molar-refractivity contribution in [2.24, 2.45) is 5.92 Å². The molecule has 11 heteroatoms. The molecule has 0 spiro atoms. The molecule has 3 aromatic carbocycles. The molecule has 0 bridgehead atoms. The van der Waals surface area contributed by atoms with Gasteiger partial charge in [-0.15, -0.1) is 0 Å². The fourth-order valence-electron chi connectivity index (χ4n) is 4.72. The Morgan fingerprint density at radius 1 is 0.951 bits per heavy atom. The number of halogens is 4. The Morgan fingerprint density at radius 3 is 1.93 bits per heavy atom. The summed E-state index contributed by atoms with van der Waals surface area (Å²) in [5, 5.41) is -0.523. The van der Waals surface area contributed by atoms with E-state index in [9.17, 15) is 22.8 Å². The van der Waals surface area contributed by atoms with Crippen LogP contribution in [0, 0.1) is 5.92 Å². The normalized spacial score (nSPS) is 17.2. The van der Waals surface area contributed by atoms with Crippen LogP contribution in [0.1, 0.15) is 34.8 Å². The van der Waals surface area contributed by atoms with E-state index in [0.717, 1.165) is 18.2 Å². The summed E-state index contributed by atoms with van der Waals surface area (Å²) in [7, 11) is 4.25. The lowest BCUT2D eigenvalue weighted by Crippen LogP contribution is -2.36. The zero-order valence-electron chi connectivity index (χ0n) is 22.7. The molecule has 0 saturated carbocycles. The number of carbonyl (C=O) groups excluding carboxylic acids is 2. The first-order chi connectivity index (χ1) is 19.5. The fourth-order valence-corrected chi connectivity index (χ4v) is 5.05. The number of esters is 1. The molecule has 2 unspecified atom stereocenters. The van der Waals surface area contributed by atoms with Crippen molar-refractivity contribution in [3.8, 4) is 11.5 Å². The largest absolute Gasteiger partial charge is 0.497 e. The molecular weight excluding hydrogens is 563 g/mol. The monoisotopic (exact) mass is 591 g/mol. The third-order valence-electron chi connectivity index (χ3n) is 6.89. The zero-order valence-corrected chi connectivity index (χ0v) is 23.4. The standard InChI is InChI=1S/C30H29ClF3NO6/c1-38-21-8-4-18(5-9-21)15-35(16-19-6-10-22(39-2)11-7-19)20-12-23(28(25(31)13-20)30(32,33)34)27-14-26(36)24(17-41-27)29(37)40-3/h4-13,24,27H,14-17H2,1-3H3. The third kappa shape index (κ3) is 7.12. The van der Waals surface area contributed by atoms with Gasteiger partial charge < -0.3 is 23.8 Å². The summed E-state index contributed by atoms with van der Waals surface area (Å²) in [6.45, 7) is 0.259. The molecule has 0 amide bonds. The van der Waals surface area contributed by atoms with Gasteiger partial charge in [-0.3, -0.25) is 9.59 Å². The number of ether oxygens (including phenoxy) is 4. The summed E-state index contributed by atoms with van der Waals surface area (Å²) >= 11 is 6.31. The highest BCUT2D eigenvalue weighted by Gasteiger charge is 2.42. The second-order valence-electron chi connectivity index (χ2n) is 9.51. The number of anilines is 1. The summed E-state index contributed by atoms with van der Waals surface area (Å²) in [6, 6.07) is 17.3. The van der Waals surface area contributed by atoms with Crippen LogP contribution < -0.4 is 14.4 Å². The predicted octanol–water partition coefficient (Wildman–Crippen LogP) is 6.40. The van der Waals surface area contributed by atoms with Crippen LogP contribution in [0.4, 0.5) is 18.9 Å². The number of hydrogen-bond donors (Lipinski definition) is 0. The minimum atomic E-state index is -4.81. The van der Waals surface area contributed by atoms with Gasteiger partial charge in [-0.25, -0.2) is 0 Å². The van der Waals surface area contributed by atoms with Gasteiger partial charge in [0.05, 0.1) is 44.6 Å². The van der Waals surface area contributed by atoms with E-state index >= 15 is 0 Å². The first-order valence-electron chi connectivity index (χ1n) is 12.7. The van der Waals surface area contributed by atoms with E-state index in [2.05, 4.69) is 4.74 Å². The molecule has 41 heavy (non-hydrogen) atoms. The van der Waals surface area contributed by atoms with Gasteiger partial charge >= 0.3 is 12.1 Å². The minimum absolute atomic E-state index is 0.272. The van der Waals surface area contributed by atoms with Crippen molar-refractivity contribution in [1.82, 2.24) is 0 Å². The number of ketones is 1. The first kappa shape index (κ1) is 30.2. The van der Waals surface area contributed by atoms with Crippen LogP contribution >= 0.6 is 11.6 Å². The molecule has 0 aromatic heterocycles. The number of nitrogens with zero attached hydrogens (tertiary/aromatic N) is 1. The van der Waals surface area contributed by atoms with Crippen LogP contribution in [0.15, 0.2) is 60.7 Å². The Labute approximate surface area is 240 Å².